The summed E-state index contributed by atoms with van der Waals surface area (Å²) in [6, 6.07) is 14.9. The van der Waals surface area contributed by atoms with Gasteiger partial charge in [0, 0.05) is 72.5 Å². The number of nitrogens with one attached hydrogen (secondary N) is 3. The van der Waals surface area contributed by atoms with Crippen LogP contribution in [0.25, 0.3) is 10.1 Å². The molecule has 70 heavy (non-hydrogen) atoms. The monoisotopic (exact) mass is 997 g/mol. The van der Waals surface area contributed by atoms with Gasteiger partial charge in [0.05, 0.1) is 16.5 Å². The quantitative estimate of drug-likeness (QED) is 0.0472. The predicted molar refractivity (Wildman–Crippen MR) is 253 cm³/mol. The standard InChI is InChI=1S/C49H50F2N7O10PS/c1-48(2,3)42(55-44(62)39-26-31-25-32(15-19-38(31)70-39)49(50,51)69(66,67)68)47(65)57-23-8-12-37(57)46(64)56(33-16-13-29(27-52)14-17-33)24-21-40(59)53-22-6-4-5-9-30-10-7-11-34-35(30)28-58(45(34)63)36-18-20-41(60)54-43(36)61/h7,10-11,13-17,19,25-26,36-37,42H,4,6,8,12,18,20-24,28H2,1-3H3,(H,53,59)(H,55,62)(H,54,60,61)(H2,66,67,68)/t36?,37-,42?/m0/s1. The summed E-state index contributed by atoms with van der Waals surface area (Å²) in [5, 5.41) is 17.5. The van der Waals surface area contributed by atoms with E-state index in [1.807, 2.05) is 6.07 Å². The molecule has 1 aromatic heterocycles. The van der Waals surface area contributed by atoms with Gasteiger partial charge in [0.1, 0.15) is 18.1 Å². The maximum Gasteiger partial charge on any atom is 0.399 e. The maximum atomic E-state index is 14.5. The number of thiophene rings is 1. The molecule has 4 heterocycles. The number of fused-ring (bicyclic) bond motifs is 2. The molecule has 2 fully saturated rings. The third kappa shape index (κ3) is 11.0. The van der Waals surface area contributed by atoms with Crippen molar-refractivity contribution in [3.63, 3.8) is 0 Å². The highest BCUT2D eigenvalue weighted by Crippen LogP contribution is 2.59. The molecule has 7 amide bonds. The molecule has 3 aromatic carbocycles. The first-order chi connectivity index (χ1) is 33.1. The molecule has 3 aliphatic heterocycles. The normalized spacial score (nSPS) is 17.5. The number of unbranched alkanes of at least 4 members (excludes halogenated alkanes) is 1. The number of carbonyl (C=O) groups is 7. The number of carbonyl (C=O) groups excluding carboxylic acids is 7. The number of nitrogens with zero attached hydrogens (tertiary/aromatic N) is 4. The minimum atomic E-state index is -5.84. The van der Waals surface area contributed by atoms with E-state index in [4.69, 9.17) is 0 Å². The Hall–Kier alpha value is -6.83. The SMILES string of the molecule is CC(C)(C)C(NC(=O)c1cc2cc(C(F)(F)P(=O)(O)O)ccc2s1)C(=O)N1CCC[C@H]1C(=O)N(CCC(=O)NCCCC#Cc1cccc2c1CN(C1CCC(=O)NC1=O)C2=O)c1ccc(C#N)cc1. The molecule has 0 aliphatic carbocycles. The highest BCUT2D eigenvalue weighted by atomic mass is 32.1. The second-order valence-electron chi connectivity index (χ2n) is 18.3. The molecule has 0 saturated carbocycles. The number of piperidine rings is 1. The van der Waals surface area contributed by atoms with E-state index in [-0.39, 0.29) is 79.8 Å². The molecule has 5 N–H and O–H groups in total. The number of nitriles is 1. The van der Waals surface area contributed by atoms with Crippen LogP contribution in [0, 0.1) is 28.6 Å². The molecular weight excluding hydrogens is 948 g/mol. The molecule has 3 aliphatic rings. The Morgan fingerprint density at radius 1 is 1.03 bits per heavy atom. The van der Waals surface area contributed by atoms with E-state index in [1.54, 1.807) is 51.1 Å². The van der Waals surface area contributed by atoms with Gasteiger partial charge in [-0.05, 0) is 96.6 Å². The van der Waals surface area contributed by atoms with Gasteiger partial charge in [-0.3, -0.25) is 43.4 Å². The number of hydrogen-bond donors (Lipinski definition) is 5. The van der Waals surface area contributed by atoms with Crippen molar-refractivity contribution in [1.82, 2.24) is 25.8 Å². The fourth-order valence-electron chi connectivity index (χ4n) is 8.64. The first-order valence-electron chi connectivity index (χ1n) is 22.5. The van der Waals surface area contributed by atoms with Crippen LogP contribution < -0.4 is 20.9 Å². The molecule has 0 spiro atoms. The Morgan fingerprint density at radius 3 is 2.46 bits per heavy atom. The van der Waals surface area contributed by atoms with Crippen LogP contribution in [-0.2, 0) is 40.7 Å². The number of likely N-dealkylation sites (tertiary alicyclic amines) is 1. The molecule has 7 rings (SSSR count). The Labute approximate surface area is 405 Å². The zero-order valence-electron chi connectivity index (χ0n) is 38.4. The molecule has 21 heteroatoms. The first-order valence-corrected chi connectivity index (χ1v) is 24.9. The number of hydrogen-bond acceptors (Lipinski definition) is 10. The van der Waals surface area contributed by atoms with Crippen molar-refractivity contribution >= 4 is 76.1 Å². The van der Waals surface area contributed by atoms with Crippen molar-refractivity contribution in [2.24, 2.45) is 5.41 Å². The van der Waals surface area contributed by atoms with E-state index in [0.717, 1.165) is 23.5 Å². The lowest BCUT2D eigenvalue weighted by molar-refractivity contribution is -0.141. The lowest BCUT2D eigenvalue weighted by Gasteiger charge is -2.36. The van der Waals surface area contributed by atoms with Crippen molar-refractivity contribution < 1.29 is 56.7 Å². The minimum Gasteiger partial charge on any atom is -0.356 e. The van der Waals surface area contributed by atoms with Gasteiger partial charge in [-0.15, -0.1) is 11.3 Å². The van der Waals surface area contributed by atoms with Crippen LogP contribution >= 0.6 is 18.9 Å². The molecule has 0 bridgehead atoms. The number of halogens is 2. The van der Waals surface area contributed by atoms with Crippen LogP contribution in [0.5, 0.6) is 0 Å². The van der Waals surface area contributed by atoms with E-state index in [2.05, 4.69) is 27.8 Å². The number of anilines is 1. The maximum absolute atomic E-state index is 14.5. The fourth-order valence-corrected chi connectivity index (χ4v) is 10.1. The van der Waals surface area contributed by atoms with Gasteiger partial charge in [-0.2, -0.15) is 14.0 Å². The molecule has 2 unspecified atom stereocenters. The summed E-state index contributed by atoms with van der Waals surface area (Å²) in [7, 11) is -5.84. The number of rotatable bonds is 14. The number of alkyl halides is 2. The van der Waals surface area contributed by atoms with Gasteiger partial charge in [0.15, 0.2) is 0 Å². The molecule has 3 atom stereocenters. The Morgan fingerprint density at radius 2 is 1.77 bits per heavy atom. The molecule has 0 radical (unpaired) electrons. The fraction of sp³-hybridized carbons (Fsp3) is 0.388. The van der Waals surface area contributed by atoms with Crippen LogP contribution in [0.15, 0.2) is 66.7 Å². The Bertz CT molecular complexity index is 2930. The smallest absolute Gasteiger partial charge is 0.356 e. The Kier molecular flexibility index (Phi) is 15.0. The van der Waals surface area contributed by atoms with Crippen LogP contribution in [0.1, 0.15) is 108 Å². The third-order valence-electron chi connectivity index (χ3n) is 12.4. The Balaban J connectivity index is 0.976. The van der Waals surface area contributed by atoms with Crippen molar-refractivity contribution in [3.05, 3.63) is 99.4 Å². The van der Waals surface area contributed by atoms with Gasteiger partial charge in [0.2, 0.25) is 29.5 Å². The average Bonchev–Trinajstić information content (AvgIpc) is 4.06. The summed E-state index contributed by atoms with van der Waals surface area (Å²) >= 11 is 0.938. The molecular formula is C49H50F2N7O10PS. The zero-order valence-corrected chi connectivity index (χ0v) is 40.1. The number of amides is 7. The lowest BCUT2D eigenvalue weighted by Crippen LogP contribution is -2.58. The molecule has 4 aromatic rings. The van der Waals surface area contributed by atoms with E-state index < -0.39 is 66.0 Å². The van der Waals surface area contributed by atoms with Crippen molar-refractivity contribution in [3.8, 4) is 17.9 Å². The van der Waals surface area contributed by atoms with E-state index in [0.29, 0.717) is 51.9 Å². The average molecular weight is 998 g/mol. The van der Waals surface area contributed by atoms with Crippen molar-refractivity contribution in [1.29, 1.82) is 5.26 Å². The second-order valence-corrected chi connectivity index (χ2v) is 21.0. The highest BCUT2D eigenvalue weighted by molar-refractivity contribution is 7.52. The summed E-state index contributed by atoms with van der Waals surface area (Å²) in [6.07, 6.45) is 1.91. The second kappa shape index (κ2) is 20.6. The van der Waals surface area contributed by atoms with Crippen molar-refractivity contribution in [2.45, 2.75) is 96.1 Å². The van der Waals surface area contributed by atoms with Gasteiger partial charge in [0.25, 0.3) is 11.8 Å². The summed E-state index contributed by atoms with van der Waals surface area (Å²) in [4.78, 5) is 116. The van der Waals surface area contributed by atoms with Gasteiger partial charge in [-0.25, -0.2) is 0 Å². The number of benzene rings is 3. The van der Waals surface area contributed by atoms with Crippen LogP contribution in [-0.4, -0.2) is 98.7 Å². The summed E-state index contributed by atoms with van der Waals surface area (Å²) in [6.45, 7) is 5.77. The number of imide groups is 1. The van der Waals surface area contributed by atoms with E-state index in [1.165, 1.54) is 39.0 Å². The van der Waals surface area contributed by atoms with Gasteiger partial charge < -0.3 is 35.1 Å². The molecule has 366 valence electrons. The minimum absolute atomic E-state index is 0.0522. The predicted octanol–water partition coefficient (Wildman–Crippen LogP) is 5.27. The summed E-state index contributed by atoms with van der Waals surface area (Å²) in [5.74, 6) is 2.97. The zero-order chi connectivity index (χ0) is 50.7. The van der Waals surface area contributed by atoms with Gasteiger partial charge in [-0.1, -0.05) is 44.7 Å². The van der Waals surface area contributed by atoms with Crippen LogP contribution in [0.2, 0.25) is 0 Å². The summed E-state index contributed by atoms with van der Waals surface area (Å²) in [5.41, 5.74) is -3.72. The van der Waals surface area contributed by atoms with E-state index >= 15 is 0 Å². The lowest BCUT2D eigenvalue weighted by atomic mass is 9.85. The van der Waals surface area contributed by atoms with Crippen molar-refractivity contribution in [2.75, 3.05) is 24.5 Å². The molecule has 2 saturated heterocycles. The highest BCUT2D eigenvalue weighted by Gasteiger charge is 2.50. The molecule has 17 nitrogen and oxygen atoms in total. The largest absolute Gasteiger partial charge is 0.399 e. The van der Waals surface area contributed by atoms with Crippen LogP contribution in [0.3, 0.4) is 0 Å². The van der Waals surface area contributed by atoms with E-state index in [9.17, 15) is 62.0 Å². The first kappa shape index (κ1) is 51.0. The third-order valence-corrected chi connectivity index (χ3v) is 14.5. The topological polar surface area (TPSA) is 247 Å². The van der Waals surface area contributed by atoms with Gasteiger partial charge >= 0.3 is 13.3 Å². The van der Waals surface area contributed by atoms with Crippen LogP contribution in [0.4, 0.5) is 14.5 Å². The summed E-state index contributed by atoms with van der Waals surface area (Å²) < 4.78 is 40.9.